The molecule has 1 unspecified atom stereocenters. The van der Waals surface area contributed by atoms with Gasteiger partial charge in [-0.1, -0.05) is 27.7 Å². The van der Waals surface area contributed by atoms with Crippen LogP contribution in [-0.2, 0) is 9.69 Å². The summed E-state index contributed by atoms with van der Waals surface area (Å²) >= 11 is 0. The van der Waals surface area contributed by atoms with Crippen molar-refractivity contribution in [1.29, 1.82) is 0 Å². The molecule has 0 heterocycles. The van der Waals surface area contributed by atoms with E-state index in [0.29, 0.717) is 6.42 Å². The van der Waals surface area contributed by atoms with Crippen molar-refractivity contribution >= 4 is 16.8 Å². The van der Waals surface area contributed by atoms with Gasteiger partial charge in [0, 0.05) is 0 Å². The molecule has 0 rings (SSSR count). The average molecular weight is 174 g/mol. The van der Waals surface area contributed by atoms with Gasteiger partial charge in [0.05, 0.1) is 14.9 Å². The lowest BCUT2D eigenvalue weighted by Crippen LogP contribution is -2.33. The molecule has 0 aromatic carbocycles. The summed E-state index contributed by atoms with van der Waals surface area (Å²) in [5.74, 6) is 0. The Hall–Kier alpha value is 0.0149. The van der Waals surface area contributed by atoms with Gasteiger partial charge in [0.2, 0.25) is 0 Å². The molecular formula is C7H15BO2S. The minimum atomic E-state index is -3.37. The minimum Gasteiger partial charge on any atom is -0.242 e. The molecule has 11 heavy (non-hydrogen) atoms. The molecule has 0 aliphatic carbocycles. The van der Waals surface area contributed by atoms with E-state index in [-0.39, 0.29) is 5.41 Å². The van der Waals surface area contributed by atoms with E-state index in [0.717, 1.165) is 0 Å². The molecule has 0 spiro atoms. The summed E-state index contributed by atoms with van der Waals surface area (Å²) in [5, 5.41) is -0.435. The van der Waals surface area contributed by atoms with Crippen LogP contribution in [-0.4, -0.2) is 20.8 Å². The lowest BCUT2D eigenvalue weighted by molar-refractivity contribution is 0.373. The molecule has 2 radical (unpaired) electrons. The highest BCUT2D eigenvalue weighted by atomic mass is 32.2. The van der Waals surface area contributed by atoms with Gasteiger partial charge in [0.15, 0.2) is 0 Å². The van der Waals surface area contributed by atoms with Crippen LogP contribution >= 0.6 is 0 Å². The highest BCUT2D eigenvalue weighted by molar-refractivity contribution is 8.12. The fraction of sp³-hybridized carbons (Fsp3) is 1.00. The van der Waals surface area contributed by atoms with Crippen molar-refractivity contribution in [2.24, 2.45) is 5.41 Å². The molecule has 0 aromatic heterocycles. The Balaban J connectivity index is 4.72. The fourth-order valence-corrected chi connectivity index (χ4v) is 2.79. The van der Waals surface area contributed by atoms with Gasteiger partial charge in [-0.05, 0) is 11.8 Å². The molecule has 0 aliphatic heterocycles. The third-order valence-electron chi connectivity index (χ3n) is 1.73. The summed E-state index contributed by atoms with van der Waals surface area (Å²) in [6, 6.07) is 0. The van der Waals surface area contributed by atoms with E-state index in [1.165, 1.54) is 0 Å². The van der Waals surface area contributed by atoms with Crippen LogP contribution in [0.15, 0.2) is 0 Å². The van der Waals surface area contributed by atoms with Gasteiger partial charge >= 0.3 is 0 Å². The van der Waals surface area contributed by atoms with E-state index in [1.54, 1.807) is 0 Å². The summed E-state index contributed by atoms with van der Waals surface area (Å²) in [6.07, 6.45) is 0.572. The maximum absolute atomic E-state index is 11.0. The monoisotopic (exact) mass is 174 g/mol. The summed E-state index contributed by atoms with van der Waals surface area (Å²) in [5.41, 5.74) is -0.262. The van der Waals surface area contributed by atoms with E-state index in [4.69, 9.17) is 7.12 Å². The molecule has 0 saturated heterocycles. The van der Waals surface area contributed by atoms with E-state index < -0.39 is 14.9 Å². The standard InChI is InChI=1S/C7H15BO2S/c1-5-6(7(2,3)4)11(8,9)10/h6H,5H2,1-4H3. The van der Waals surface area contributed by atoms with E-state index in [2.05, 4.69) is 0 Å². The predicted molar refractivity (Wildman–Crippen MR) is 48.2 cm³/mol. The molecule has 1 atom stereocenters. The van der Waals surface area contributed by atoms with Crippen LogP contribution in [0.4, 0.5) is 0 Å². The third-order valence-corrected chi connectivity index (χ3v) is 3.57. The molecule has 0 saturated carbocycles. The predicted octanol–water partition coefficient (Wildman–Crippen LogP) is 1.31. The first-order valence-corrected chi connectivity index (χ1v) is 5.32. The Morgan fingerprint density at radius 2 is 1.73 bits per heavy atom. The summed E-state index contributed by atoms with van der Waals surface area (Å²) in [6.45, 7) is 7.48. The van der Waals surface area contributed by atoms with Crippen LogP contribution in [0.1, 0.15) is 34.1 Å². The first-order chi connectivity index (χ1) is 4.69. The first kappa shape index (κ1) is 11.0. The second-order valence-corrected chi connectivity index (χ2v) is 5.60. The molecule has 4 heteroatoms. The topological polar surface area (TPSA) is 34.1 Å². The van der Waals surface area contributed by atoms with Crippen LogP contribution in [0.5, 0.6) is 0 Å². The Labute approximate surface area is 70.6 Å². The van der Waals surface area contributed by atoms with Crippen molar-refractivity contribution in [3.05, 3.63) is 0 Å². The molecule has 0 N–H and O–H groups in total. The van der Waals surface area contributed by atoms with Crippen LogP contribution in [0.3, 0.4) is 0 Å². The lowest BCUT2D eigenvalue weighted by atomic mass is 9.90. The quantitative estimate of drug-likeness (QED) is 0.591. The largest absolute Gasteiger partial charge is 0.255 e. The van der Waals surface area contributed by atoms with Gasteiger partial charge < -0.3 is 0 Å². The van der Waals surface area contributed by atoms with Crippen molar-refractivity contribution in [3.8, 4) is 0 Å². The third kappa shape index (κ3) is 3.28. The Bertz CT molecular complexity index is 213. The van der Waals surface area contributed by atoms with Gasteiger partial charge in [0.25, 0.3) is 7.12 Å². The molecule has 2 nitrogen and oxygen atoms in total. The van der Waals surface area contributed by atoms with Crippen molar-refractivity contribution in [1.82, 2.24) is 0 Å². The fourth-order valence-electron chi connectivity index (χ4n) is 1.34. The van der Waals surface area contributed by atoms with Gasteiger partial charge in [-0.25, -0.2) is 8.42 Å². The second kappa shape index (κ2) is 3.17. The molecule has 0 fully saturated rings. The van der Waals surface area contributed by atoms with Gasteiger partial charge in [-0.15, -0.1) is 0 Å². The first-order valence-electron chi connectivity index (χ1n) is 3.71. The summed E-state index contributed by atoms with van der Waals surface area (Å²) in [4.78, 5) is 0. The van der Waals surface area contributed by atoms with Crippen LogP contribution in [0, 0.1) is 5.41 Å². The Kier molecular flexibility index (Phi) is 3.18. The maximum Gasteiger partial charge on any atom is 0.255 e. The second-order valence-electron chi connectivity index (χ2n) is 3.85. The molecule has 0 aromatic rings. The van der Waals surface area contributed by atoms with E-state index in [9.17, 15) is 8.42 Å². The Morgan fingerprint density at radius 1 is 1.36 bits per heavy atom. The summed E-state index contributed by atoms with van der Waals surface area (Å²) < 4.78 is 22.0. The smallest absolute Gasteiger partial charge is 0.242 e. The normalized spacial score (nSPS) is 16.4. The van der Waals surface area contributed by atoms with E-state index >= 15 is 0 Å². The van der Waals surface area contributed by atoms with Gasteiger partial charge in [0.1, 0.15) is 0 Å². The molecule has 0 amide bonds. The zero-order valence-electron chi connectivity index (χ0n) is 7.59. The molecule has 0 bridgehead atoms. The number of hydrogen-bond donors (Lipinski definition) is 0. The zero-order chi connectivity index (χ0) is 9.28. The lowest BCUT2D eigenvalue weighted by Gasteiger charge is -2.28. The molecular weight excluding hydrogens is 159 g/mol. The minimum absolute atomic E-state index is 0.262. The Morgan fingerprint density at radius 3 is 1.73 bits per heavy atom. The van der Waals surface area contributed by atoms with Crippen molar-refractivity contribution < 1.29 is 8.42 Å². The van der Waals surface area contributed by atoms with Crippen LogP contribution < -0.4 is 0 Å². The number of rotatable bonds is 2. The highest BCUT2D eigenvalue weighted by Gasteiger charge is 2.30. The highest BCUT2D eigenvalue weighted by Crippen LogP contribution is 2.26. The van der Waals surface area contributed by atoms with Crippen molar-refractivity contribution in [2.75, 3.05) is 0 Å². The van der Waals surface area contributed by atoms with Gasteiger partial charge in [-0.3, -0.25) is 0 Å². The van der Waals surface area contributed by atoms with Crippen LogP contribution in [0.2, 0.25) is 0 Å². The zero-order valence-corrected chi connectivity index (χ0v) is 8.40. The van der Waals surface area contributed by atoms with Crippen molar-refractivity contribution in [3.63, 3.8) is 0 Å². The molecule has 64 valence electrons. The molecule has 0 aliphatic rings. The SMILES string of the molecule is [B]S(=O)(=O)C(CC)C(C)(C)C. The van der Waals surface area contributed by atoms with Crippen molar-refractivity contribution in [2.45, 2.75) is 39.4 Å². The average Bonchev–Trinajstić information content (AvgIpc) is 1.56. The van der Waals surface area contributed by atoms with Crippen LogP contribution in [0.25, 0.3) is 0 Å². The summed E-state index contributed by atoms with van der Waals surface area (Å²) in [7, 11) is 1.68. The van der Waals surface area contributed by atoms with E-state index in [1.807, 2.05) is 27.7 Å². The van der Waals surface area contributed by atoms with Gasteiger partial charge in [-0.2, -0.15) is 0 Å². The number of hydrogen-bond acceptors (Lipinski definition) is 2. The maximum atomic E-state index is 11.0.